The van der Waals surface area contributed by atoms with Crippen molar-refractivity contribution in [3.63, 3.8) is 0 Å². The number of nitrogens with zero attached hydrogens (tertiary/aromatic N) is 3. The van der Waals surface area contributed by atoms with Gasteiger partial charge in [-0.15, -0.1) is 4.40 Å². The van der Waals surface area contributed by atoms with E-state index in [2.05, 4.69) is 9.71 Å². The summed E-state index contributed by atoms with van der Waals surface area (Å²) in [7, 11) is -3.72. The number of rotatable bonds is 2. The predicted octanol–water partition coefficient (Wildman–Crippen LogP) is 4.38. The smallest absolute Gasteiger partial charge is 0.322 e. The number of halogens is 1. The van der Waals surface area contributed by atoms with Gasteiger partial charge in [0, 0.05) is 35.9 Å². The van der Waals surface area contributed by atoms with Crippen LogP contribution in [0.1, 0.15) is 17.2 Å². The highest BCUT2D eigenvalue weighted by molar-refractivity contribution is 7.90. The number of fused-ring (bicyclic) bond motifs is 1. The van der Waals surface area contributed by atoms with Gasteiger partial charge in [0.05, 0.1) is 6.04 Å². The van der Waals surface area contributed by atoms with E-state index in [4.69, 9.17) is 11.6 Å². The summed E-state index contributed by atoms with van der Waals surface area (Å²) >= 11 is 5.95. The molecule has 2 amide bonds. The van der Waals surface area contributed by atoms with Gasteiger partial charge in [-0.25, -0.2) is 4.79 Å². The first-order valence-corrected chi connectivity index (χ1v) is 12.3. The van der Waals surface area contributed by atoms with E-state index in [0.717, 1.165) is 5.56 Å². The van der Waals surface area contributed by atoms with Crippen LogP contribution in [-0.4, -0.2) is 49.7 Å². The number of nitrogens with one attached hydrogen (secondary N) is 1. The molecule has 1 fully saturated rings. The average molecular weight is 481 g/mol. The molecule has 1 saturated heterocycles. The van der Waals surface area contributed by atoms with E-state index in [9.17, 15) is 13.2 Å². The number of urea groups is 1. The minimum Gasteiger partial charge on any atom is -0.351 e. The van der Waals surface area contributed by atoms with Crippen molar-refractivity contribution in [1.29, 1.82) is 0 Å². The zero-order valence-corrected chi connectivity index (χ0v) is 19.1. The summed E-state index contributed by atoms with van der Waals surface area (Å²) in [5.41, 5.74) is 2.21. The van der Waals surface area contributed by atoms with Gasteiger partial charge in [-0.1, -0.05) is 54.1 Å². The maximum Gasteiger partial charge on any atom is 0.322 e. The Morgan fingerprint density at radius 3 is 2.39 bits per heavy atom. The van der Waals surface area contributed by atoms with Crippen LogP contribution in [0.15, 0.2) is 88.2 Å². The first-order valence-electron chi connectivity index (χ1n) is 10.5. The summed E-state index contributed by atoms with van der Waals surface area (Å²) in [6.45, 7) is 1.28. The molecule has 1 unspecified atom stereocenters. The third kappa shape index (κ3) is 4.19. The SMILES string of the molecule is O=C(Nc1ccc(Cl)cc1)N1CCN(C2=NS(=O)(=O)c3ccccc32)CC1c1ccccc1. The highest BCUT2D eigenvalue weighted by atomic mass is 35.5. The van der Waals surface area contributed by atoms with E-state index in [-0.39, 0.29) is 17.0 Å². The van der Waals surface area contributed by atoms with Gasteiger partial charge >= 0.3 is 6.03 Å². The first-order chi connectivity index (χ1) is 15.9. The number of carbonyl (C=O) groups excluding carboxylic acids is 1. The maximum atomic E-state index is 13.2. The van der Waals surface area contributed by atoms with Crippen LogP contribution in [0.25, 0.3) is 0 Å². The molecule has 0 aliphatic carbocycles. The molecule has 2 aliphatic heterocycles. The quantitative estimate of drug-likeness (QED) is 0.590. The molecule has 0 radical (unpaired) electrons. The third-order valence-electron chi connectivity index (χ3n) is 5.83. The Bertz CT molecular complexity index is 1330. The van der Waals surface area contributed by atoms with Gasteiger partial charge < -0.3 is 15.1 Å². The van der Waals surface area contributed by atoms with Crippen molar-refractivity contribution < 1.29 is 13.2 Å². The zero-order valence-electron chi connectivity index (χ0n) is 17.6. The fourth-order valence-electron chi connectivity index (χ4n) is 4.22. The second-order valence-electron chi connectivity index (χ2n) is 7.89. The van der Waals surface area contributed by atoms with Crippen LogP contribution in [0.2, 0.25) is 5.02 Å². The molecule has 2 heterocycles. The molecule has 0 spiro atoms. The maximum absolute atomic E-state index is 13.2. The predicted molar refractivity (Wildman–Crippen MR) is 128 cm³/mol. The Morgan fingerprint density at radius 1 is 0.939 bits per heavy atom. The molecule has 33 heavy (non-hydrogen) atoms. The molecule has 168 valence electrons. The molecule has 1 N–H and O–H groups in total. The molecule has 3 aromatic rings. The van der Waals surface area contributed by atoms with Crippen LogP contribution < -0.4 is 5.32 Å². The molecule has 1 atom stereocenters. The monoisotopic (exact) mass is 480 g/mol. The number of hydrogen-bond acceptors (Lipinski definition) is 4. The van der Waals surface area contributed by atoms with E-state index in [0.29, 0.717) is 41.7 Å². The third-order valence-corrected chi connectivity index (χ3v) is 7.41. The molecule has 0 bridgehead atoms. The zero-order chi connectivity index (χ0) is 23.0. The molecular weight excluding hydrogens is 460 g/mol. The molecule has 3 aromatic carbocycles. The van der Waals surface area contributed by atoms with E-state index < -0.39 is 10.0 Å². The lowest BCUT2D eigenvalue weighted by Crippen LogP contribution is -2.53. The van der Waals surface area contributed by atoms with Crippen LogP contribution in [0.5, 0.6) is 0 Å². The second-order valence-corrected chi connectivity index (χ2v) is 9.90. The minimum absolute atomic E-state index is 0.221. The summed E-state index contributed by atoms with van der Waals surface area (Å²) in [5.74, 6) is 0.435. The normalized spacial score (nSPS) is 19.1. The molecule has 0 saturated carbocycles. The van der Waals surface area contributed by atoms with E-state index in [1.165, 1.54) is 0 Å². The number of amidine groups is 1. The molecule has 7 nitrogen and oxygen atoms in total. The van der Waals surface area contributed by atoms with Crippen molar-refractivity contribution in [3.05, 3.63) is 95.0 Å². The molecule has 9 heteroatoms. The standard InChI is InChI=1S/C24H21ClN4O3S/c25-18-10-12-19(13-11-18)26-24(30)29-15-14-28(16-21(29)17-6-2-1-3-7-17)23-20-8-4-5-9-22(20)33(31,32)27-23/h1-13,21H,14-16H2,(H,26,30). The second kappa shape index (κ2) is 8.53. The fraction of sp³-hybridized carbons (Fsp3) is 0.167. The Labute approximate surface area is 197 Å². The number of anilines is 1. The van der Waals surface area contributed by atoms with Crippen LogP contribution in [0.4, 0.5) is 10.5 Å². The highest BCUT2D eigenvalue weighted by Gasteiger charge is 2.37. The van der Waals surface area contributed by atoms with Crippen molar-refractivity contribution in [3.8, 4) is 0 Å². The molecular formula is C24H21ClN4O3S. The van der Waals surface area contributed by atoms with Gasteiger partial charge in [0.25, 0.3) is 10.0 Å². The van der Waals surface area contributed by atoms with E-state index >= 15 is 0 Å². The van der Waals surface area contributed by atoms with E-state index in [1.807, 2.05) is 35.2 Å². The Kier molecular flexibility index (Phi) is 5.55. The summed E-state index contributed by atoms with van der Waals surface area (Å²) in [6.07, 6.45) is 0. The topological polar surface area (TPSA) is 82.1 Å². The van der Waals surface area contributed by atoms with Gasteiger partial charge in [0.15, 0.2) is 5.84 Å². The summed E-state index contributed by atoms with van der Waals surface area (Å²) in [6, 6.07) is 23.0. The van der Waals surface area contributed by atoms with Crippen molar-refractivity contribution in [2.75, 3.05) is 25.0 Å². The Morgan fingerprint density at radius 2 is 1.64 bits per heavy atom. The number of hydrogen-bond donors (Lipinski definition) is 1. The highest BCUT2D eigenvalue weighted by Crippen LogP contribution is 2.32. The van der Waals surface area contributed by atoms with Gasteiger partial charge in [-0.3, -0.25) is 0 Å². The van der Waals surface area contributed by atoms with Crippen LogP contribution in [-0.2, 0) is 10.0 Å². The van der Waals surface area contributed by atoms with Crippen LogP contribution >= 0.6 is 11.6 Å². The summed E-state index contributed by atoms with van der Waals surface area (Å²) in [4.78, 5) is 17.1. The van der Waals surface area contributed by atoms with Crippen LogP contribution in [0.3, 0.4) is 0 Å². The van der Waals surface area contributed by atoms with E-state index in [1.54, 1.807) is 53.4 Å². The van der Waals surface area contributed by atoms with Crippen molar-refractivity contribution in [2.24, 2.45) is 4.40 Å². The van der Waals surface area contributed by atoms with Crippen LogP contribution in [0, 0.1) is 0 Å². The Balaban J connectivity index is 1.44. The lowest BCUT2D eigenvalue weighted by Gasteiger charge is -2.42. The van der Waals surface area contributed by atoms with Crippen molar-refractivity contribution in [2.45, 2.75) is 10.9 Å². The van der Waals surface area contributed by atoms with Gasteiger partial charge in [-0.05, 0) is 42.0 Å². The van der Waals surface area contributed by atoms with Gasteiger partial charge in [0.2, 0.25) is 0 Å². The van der Waals surface area contributed by atoms with Gasteiger partial charge in [0.1, 0.15) is 4.90 Å². The number of sulfonamides is 1. The number of amides is 2. The lowest BCUT2D eigenvalue weighted by atomic mass is 10.0. The largest absolute Gasteiger partial charge is 0.351 e. The first kappa shape index (κ1) is 21.5. The minimum atomic E-state index is -3.72. The lowest BCUT2D eigenvalue weighted by molar-refractivity contribution is 0.137. The Hall–Kier alpha value is -3.36. The molecule has 0 aromatic heterocycles. The number of piperazine rings is 1. The van der Waals surface area contributed by atoms with Crippen molar-refractivity contribution in [1.82, 2.24) is 9.80 Å². The summed E-state index contributed by atoms with van der Waals surface area (Å²) in [5, 5.41) is 3.53. The molecule has 5 rings (SSSR count). The average Bonchev–Trinajstić information content (AvgIpc) is 3.12. The number of carbonyl (C=O) groups is 1. The van der Waals surface area contributed by atoms with Gasteiger partial charge in [-0.2, -0.15) is 8.42 Å². The molecule has 2 aliphatic rings. The fourth-order valence-corrected chi connectivity index (χ4v) is 5.58. The summed E-state index contributed by atoms with van der Waals surface area (Å²) < 4.78 is 29.2. The number of benzene rings is 3. The van der Waals surface area contributed by atoms with Crippen molar-refractivity contribution >= 4 is 39.2 Å².